The Hall–Kier alpha value is -4.75. The molecule has 0 radical (unpaired) electrons. The predicted molar refractivity (Wildman–Crippen MR) is 160 cm³/mol. The zero-order valence-electron chi connectivity index (χ0n) is 23.8. The molecule has 0 saturated carbocycles. The Morgan fingerprint density at radius 2 is 1.84 bits per heavy atom. The zero-order valence-corrected chi connectivity index (χ0v) is 24.6. The van der Waals surface area contributed by atoms with Crippen molar-refractivity contribution < 1.29 is 34.1 Å². The van der Waals surface area contributed by atoms with Crippen molar-refractivity contribution >= 4 is 38.5 Å². The number of nitrogens with zero attached hydrogens (tertiary/aromatic N) is 2. The molecule has 3 N–H and O–H groups in total. The van der Waals surface area contributed by atoms with Gasteiger partial charge in [0.1, 0.15) is 25.0 Å². The number of aromatic nitrogens is 1. The number of aliphatic hydroxyl groups excluding tert-OH is 1. The van der Waals surface area contributed by atoms with Gasteiger partial charge in [0.05, 0.1) is 15.3 Å². The molecule has 4 aromatic rings. The number of carbonyl (C=O) groups is 2. The fourth-order valence-electron chi connectivity index (χ4n) is 4.13. The van der Waals surface area contributed by atoms with E-state index in [-0.39, 0.29) is 25.3 Å². The number of amides is 1. The Labute approximate surface area is 251 Å². The van der Waals surface area contributed by atoms with E-state index in [2.05, 4.69) is 20.5 Å². The molecule has 0 spiro atoms. The van der Waals surface area contributed by atoms with Crippen LogP contribution in [0.3, 0.4) is 0 Å². The number of pyridine rings is 1. The van der Waals surface area contributed by atoms with Crippen LogP contribution in [-0.2, 0) is 27.5 Å². The lowest BCUT2D eigenvalue weighted by Gasteiger charge is -2.26. The molecule has 226 valence electrons. The quantitative estimate of drug-likeness (QED) is 0.0821. The van der Waals surface area contributed by atoms with Crippen LogP contribution < -0.4 is 10.6 Å². The highest BCUT2D eigenvalue weighted by Crippen LogP contribution is 2.31. The molecule has 43 heavy (non-hydrogen) atoms. The van der Waals surface area contributed by atoms with Crippen molar-refractivity contribution in [1.29, 1.82) is 0 Å². The summed E-state index contributed by atoms with van der Waals surface area (Å²) in [4.78, 5) is 43.9. The van der Waals surface area contributed by atoms with E-state index in [1.165, 1.54) is 17.4 Å². The minimum absolute atomic E-state index is 0.0216. The number of fused-ring (bicyclic) bond motifs is 1. The fraction of sp³-hybridized carbons (Fsp3) is 0.300. The summed E-state index contributed by atoms with van der Waals surface area (Å²) >= 11 is 1.45. The third kappa shape index (κ3) is 9.38. The van der Waals surface area contributed by atoms with Crippen molar-refractivity contribution in [1.82, 2.24) is 10.3 Å². The van der Waals surface area contributed by atoms with E-state index in [1.807, 2.05) is 12.1 Å². The normalized spacial score (nSPS) is 12.7. The molecule has 2 atom stereocenters. The smallest absolute Gasteiger partial charge is 0.407 e. The van der Waals surface area contributed by atoms with Crippen LogP contribution in [0.25, 0.3) is 10.1 Å². The molecule has 2 heterocycles. The number of benzene rings is 2. The van der Waals surface area contributed by atoms with Gasteiger partial charge in [0.25, 0.3) is 5.09 Å². The molecular formula is C30H32N4O8S. The average molecular weight is 609 g/mol. The minimum atomic E-state index is -1.06. The van der Waals surface area contributed by atoms with Crippen LogP contribution in [0.4, 0.5) is 9.80 Å². The van der Waals surface area contributed by atoms with Gasteiger partial charge in [0.15, 0.2) is 0 Å². The molecule has 0 fully saturated rings. The van der Waals surface area contributed by atoms with Crippen LogP contribution in [0.2, 0.25) is 0 Å². The van der Waals surface area contributed by atoms with Gasteiger partial charge in [-0.15, -0.1) is 21.5 Å². The SMILES string of the molecule is CC(C)(C)OC(=O)NC[C@H](c1ccc(COC(=O)c2cccc(CO[N+](=O)[O-])c2)cc1)[C@H](O)Nc1cc2ccncc2s1. The first-order valence-corrected chi connectivity index (χ1v) is 14.2. The van der Waals surface area contributed by atoms with Crippen molar-refractivity contribution in [3.05, 3.63) is 105 Å². The van der Waals surface area contributed by atoms with Crippen LogP contribution in [0, 0.1) is 10.1 Å². The number of anilines is 1. The number of esters is 1. The summed E-state index contributed by atoms with van der Waals surface area (Å²) < 4.78 is 11.8. The van der Waals surface area contributed by atoms with Crippen LogP contribution in [0.1, 0.15) is 53.7 Å². The number of thiophene rings is 1. The van der Waals surface area contributed by atoms with Gasteiger partial charge in [-0.1, -0.05) is 36.4 Å². The highest BCUT2D eigenvalue weighted by atomic mass is 32.1. The number of hydrogen-bond donors (Lipinski definition) is 3. The maximum Gasteiger partial charge on any atom is 0.407 e. The summed E-state index contributed by atoms with van der Waals surface area (Å²) in [5, 5.41) is 28.4. The predicted octanol–water partition coefficient (Wildman–Crippen LogP) is 5.40. The van der Waals surface area contributed by atoms with Gasteiger partial charge in [0.2, 0.25) is 0 Å². The molecule has 12 nitrogen and oxygen atoms in total. The second kappa shape index (κ2) is 13.9. The molecule has 2 aromatic heterocycles. The maximum atomic E-state index is 12.6. The molecular weight excluding hydrogens is 576 g/mol. The number of alkyl carbamates (subject to hydrolysis) is 1. The first-order valence-electron chi connectivity index (χ1n) is 13.3. The molecule has 1 amide bonds. The second-order valence-corrected chi connectivity index (χ2v) is 11.7. The Morgan fingerprint density at radius 1 is 1.07 bits per heavy atom. The van der Waals surface area contributed by atoms with Crippen LogP contribution >= 0.6 is 11.3 Å². The van der Waals surface area contributed by atoms with Gasteiger partial charge in [-0.25, -0.2) is 9.59 Å². The van der Waals surface area contributed by atoms with Crippen LogP contribution in [0.5, 0.6) is 0 Å². The number of hydrogen-bond acceptors (Lipinski definition) is 11. The summed E-state index contributed by atoms with van der Waals surface area (Å²) in [6.07, 6.45) is 1.79. The lowest BCUT2D eigenvalue weighted by molar-refractivity contribution is -0.763. The highest BCUT2D eigenvalue weighted by Gasteiger charge is 2.24. The average Bonchev–Trinajstić information content (AvgIpc) is 3.37. The molecule has 0 aliphatic heterocycles. The van der Waals surface area contributed by atoms with Gasteiger partial charge in [-0.3, -0.25) is 4.98 Å². The lowest BCUT2D eigenvalue weighted by atomic mass is 9.96. The topological polar surface area (TPSA) is 162 Å². The van der Waals surface area contributed by atoms with Gasteiger partial charge < -0.3 is 30.1 Å². The van der Waals surface area contributed by atoms with Gasteiger partial charge >= 0.3 is 12.1 Å². The Bertz CT molecular complexity index is 1540. The number of nitrogens with one attached hydrogen (secondary N) is 2. The van der Waals surface area contributed by atoms with E-state index in [9.17, 15) is 24.8 Å². The summed E-state index contributed by atoms with van der Waals surface area (Å²) in [5.74, 6) is -1.15. The summed E-state index contributed by atoms with van der Waals surface area (Å²) in [6.45, 7) is 5.09. The van der Waals surface area contributed by atoms with Gasteiger partial charge in [0, 0.05) is 24.9 Å². The largest absolute Gasteiger partial charge is 0.457 e. The van der Waals surface area contributed by atoms with Crippen molar-refractivity contribution in [2.24, 2.45) is 0 Å². The lowest BCUT2D eigenvalue weighted by Crippen LogP contribution is -2.39. The first kappa shape index (κ1) is 31.2. The maximum absolute atomic E-state index is 12.6. The molecule has 0 aliphatic rings. The highest BCUT2D eigenvalue weighted by molar-refractivity contribution is 7.22. The third-order valence-electron chi connectivity index (χ3n) is 6.14. The number of ether oxygens (including phenoxy) is 2. The first-order chi connectivity index (χ1) is 20.5. The Balaban J connectivity index is 1.43. The fourth-order valence-corrected chi connectivity index (χ4v) is 5.09. The number of aliphatic hydroxyl groups is 1. The van der Waals surface area contributed by atoms with E-state index >= 15 is 0 Å². The van der Waals surface area contributed by atoms with Crippen LogP contribution in [-0.4, -0.2) is 45.6 Å². The van der Waals surface area contributed by atoms with Crippen LogP contribution in [0.15, 0.2) is 73.1 Å². The van der Waals surface area contributed by atoms with Crippen molar-refractivity contribution in [2.45, 2.75) is 51.7 Å². The van der Waals surface area contributed by atoms with Gasteiger partial charge in [-0.2, -0.15) is 0 Å². The standard InChI is InChI=1S/C30H32N4O8S/c1-30(2,3)42-29(37)32-15-24(27(35)33-26-14-22-11-12-31-16-25(22)43-26)21-9-7-19(8-10-21)17-40-28(36)23-6-4-5-20(13-23)18-41-34(38)39/h4-14,16,24,27,33,35H,15,17-18H2,1-3H3,(H,32,37)/t24-,27+/m1/s1. The number of rotatable bonds is 12. The Kier molecular flexibility index (Phi) is 10.1. The molecule has 0 aliphatic carbocycles. The minimum Gasteiger partial charge on any atom is -0.457 e. The molecule has 0 unspecified atom stereocenters. The van der Waals surface area contributed by atoms with Crippen molar-refractivity contribution in [2.75, 3.05) is 11.9 Å². The second-order valence-electron chi connectivity index (χ2n) is 10.6. The summed E-state index contributed by atoms with van der Waals surface area (Å²) in [5.41, 5.74) is 1.45. The monoisotopic (exact) mass is 608 g/mol. The van der Waals surface area contributed by atoms with E-state index in [0.717, 1.165) is 20.7 Å². The Morgan fingerprint density at radius 3 is 2.53 bits per heavy atom. The van der Waals surface area contributed by atoms with Crippen molar-refractivity contribution in [3.63, 3.8) is 0 Å². The van der Waals surface area contributed by atoms with E-state index in [1.54, 1.807) is 75.6 Å². The molecule has 0 saturated heterocycles. The van der Waals surface area contributed by atoms with E-state index in [0.29, 0.717) is 11.1 Å². The molecule has 13 heteroatoms. The number of carbonyl (C=O) groups excluding carboxylic acids is 2. The van der Waals surface area contributed by atoms with Gasteiger partial charge in [-0.05, 0) is 67.1 Å². The summed E-state index contributed by atoms with van der Waals surface area (Å²) in [6, 6.07) is 17.1. The molecule has 2 aromatic carbocycles. The summed E-state index contributed by atoms with van der Waals surface area (Å²) in [7, 11) is 0. The van der Waals surface area contributed by atoms with E-state index in [4.69, 9.17) is 9.47 Å². The molecule has 4 rings (SSSR count). The zero-order chi connectivity index (χ0) is 31.0. The van der Waals surface area contributed by atoms with E-state index < -0.39 is 34.9 Å². The third-order valence-corrected chi connectivity index (χ3v) is 7.15. The molecule has 0 bridgehead atoms. The van der Waals surface area contributed by atoms with Crippen molar-refractivity contribution in [3.8, 4) is 0 Å².